The lowest BCUT2D eigenvalue weighted by Crippen LogP contribution is -2.35. The van der Waals surface area contributed by atoms with Gasteiger partial charge in [0.1, 0.15) is 15.4 Å². The highest BCUT2D eigenvalue weighted by atomic mass is 32.2. The molecule has 0 radical (unpaired) electrons. The van der Waals surface area contributed by atoms with E-state index in [1.807, 2.05) is 12.2 Å². The van der Waals surface area contributed by atoms with Crippen LogP contribution in [0, 0.1) is 0 Å². The van der Waals surface area contributed by atoms with E-state index in [4.69, 9.17) is 0 Å². The molecule has 0 heterocycles. The number of ketones is 1. The third-order valence-corrected chi connectivity index (χ3v) is 4.03. The van der Waals surface area contributed by atoms with Crippen molar-refractivity contribution in [1.82, 2.24) is 0 Å². The van der Waals surface area contributed by atoms with Gasteiger partial charge in [-0.25, -0.2) is 8.42 Å². The van der Waals surface area contributed by atoms with E-state index in [9.17, 15) is 17.8 Å². The molecule has 2 aliphatic rings. The summed E-state index contributed by atoms with van der Waals surface area (Å²) < 4.78 is 32.6. The molecular formula is C10H11O4S-. The first-order chi connectivity index (χ1) is 7.00. The number of hydrogen-bond donors (Lipinski definition) is 0. The predicted octanol–water partition coefficient (Wildman–Crippen LogP) is 0.910. The Hall–Kier alpha value is -0.940. The second kappa shape index (κ2) is 3.57. The number of Topliss-reactive ketones (excluding diaryl/α,β-unsaturated/α-hetero) is 1. The van der Waals surface area contributed by atoms with E-state index in [0.29, 0.717) is 18.4 Å². The molecule has 15 heavy (non-hydrogen) atoms. The molecule has 0 spiro atoms. The Bertz CT molecular complexity index is 456. The molecule has 0 amide bonds. The van der Waals surface area contributed by atoms with E-state index in [-0.39, 0.29) is 6.42 Å². The fraction of sp³-hybridized carbons (Fsp3) is 0.500. The summed E-state index contributed by atoms with van der Waals surface area (Å²) in [6.07, 6.45) is 5.80. The van der Waals surface area contributed by atoms with Crippen LogP contribution in [0.15, 0.2) is 23.3 Å². The minimum Gasteiger partial charge on any atom is -0.747 e. The number of carbonyl (C=O) groups excluding carboxylic acids is 1. The highest BCUT2D eigenvalue weighted by Gasteiger charge is 2.33. The smallest absolute Gasteiger partial charge is 0.176 e. The van der Waals surface area contributed by atoms with Crippen molar-refractivity contribution < 1.29 is 17.8 Å². The Balaban J connectivity index is 2.38. The molecule has 0 fully saturated rings. The number of rotatable bonds is 1. The fourth-order valence-electron chi connectivity index (χ4n) is 2.12. The van der Waals surface area contributed by atoms with E-state index in [2.05, 4.69) is 0 Å². The minimum atomic E-state index is -4.48. The lowest BCUT2D eigenvalue weighted by Gasteiger charge is -2.28. The van der Waals surface area contributed by atoms with Gasteiger partial charge in [0.2, 0.25) is 0 Å². The summed E-state index contributed by atoms with van der Waals surface area (Å²) >= 11 is 0. The van der Waals surface area contributed by atoms with Crippen molar-refractivity contribution in [3.8, 4) is 0 Å². The van der Waals surface area contributed by atoms with Gasteiger partial charge in [0.15, 0.2) is 5.78 Å². The molecule has 0 aromatic carbocycles. The molecule has 5 heteroatoms. The summed E-state index contributed by atoms with van der Waals surface area (Å²) in [5.74, 6) is -0.476. The molecule has 0 aliphatic heterocycles. The van der Waals surface area contributed by atoms with Crippen LogP contribution in [0.25, 0.3) is 0 Å². The van der Waals surface area contributed by atoms with Crippen LogP contribution in [0.3, 0.4) is 0 Å². The molecule has 2 aliphatic carbocycles. The van der Waals surface area contributed by atoms with Crippen LogP contribution in [-0.2, 0) is 14.9 Å². The van der Waals surface area contributed by atoms with Crippen molar-refractivity contribution >= 4 is 15.9 Å². The van der Waals surface area contributed by atoms with E-state index >= 15 is 0 Å². The van der Waals surface area contributed by atoms with Gasteiger partial charge in [-0.3, -0.25) is 4.79 Å². The van der Waals surface area contributed by atoms with Gasteiger partial charge >= 0.3 is 0 Å². The fourth-order valence-corrected chi connectivity index (χ4v) is 2.93. The number of allylic oxidation sites excluding steroid dienone is 4. The van der Waals surface area contributed by atoms with Gasteiger partial charge in [-0.05, 0) is 36.8 Å². The van der Waals surface area contributed by atoms with Crippen molar-refractivity contribution in [3.63, 3.8) is 0 Å². The van der Waals surface area contributed by atoms with Gasteiger partial charge in [0.25, 0.3) is 0 Å². The van der Waals surface area contributed by atoms with Gasteiger partial charge in [-0.1, -0.05) is 12.2 Å². The largest absolute Gasteiger partial charge is 0.747 e. The molecule has 2 rings (SSSR count). The standard InChI is InChI=1S/C10H12O4S/c11-10-8-4-2-1-3-7(8)5-6-9(10)15(12,13)14/h1,3,9H,2,4-6H2,(H,12,13,14)/p-1. The Morgan fingerprint density at radius 1 is 1.33 bits per heavy atom. The zero-order chi connectivity index (χ0) is 11.1. The van der Waals surface area contributed by atoms with E-state index in [1.54, 1.807) is 0 Å². The van der Waals surface area contributed by atoms with Crippen molar-refractivity contribution in [2.75, 3.05) is 0 Å². The summed E-state index contributed by atoms with van der Waals surface area (Å²) in [7, 11) is -4.48. The van der Waals surface area contributed by atoms with Crippen LogP contribution in [0.5, 0.6) is 0 Å². The third kappa shape index (κ3) is 1.89. The predicted molar refractivity (Wildman–Crippen MR) is 53.1 cm³/mol. The van der Waals surface area contributed by atoms with Crippen molar-refractivity contribution in [2.45, 2.75) is 30.9 Å². The van der Waals surface area contributed by atoms with Gasteiger partial charge in [0.05, 0.1) is 0 Å². The highest BCUT2D eigenvalue weighted by Crippen LogP contribution is 2.32. The molecule has 1 atom stereocenters. The molecule has 0 saturated carbocycles. The summed E-state index contributed by atoms with van der Waals surface area (Å²) in [4.78, 5) is 11.7. The first kappa shape index (κ1) is 10.6. The second-order valence-electron chi connectivity index (χ2n) is 3.83. The monoisotopic (exact) mass is 227 g/mol. The number of carbonyl (C=O) groups is 1. The Morgan fingerprint density at radius 3 is 2.73 bits per heavy atom. The van der Waals surface area contributed by atoms with E-state index in [0.717, 1.165) is 12.0 Å². The maximum absolute atomic E-state index is 11.7. The zero-order valence-corrected chi connectivity index (χ0v) is 8.92. The van der Waals surface area contributed by atoms with E-state index < -0.39 is 21.2 Å². The summed E-state index contributed by atoms with van der Waals surface area (Å²) in [5, 5.41) is -1.34. The van der Waals surface area contributed by atoms with Crippen LogP contribution < -0.4 is 0 Å². The maximum atomic E-state index is 11.7. The molecule has 0 bridgehead atoms. The highest BCUT2D eigenvalue weighted by molar-refractivity contribution is 7.87. The third-order valence-electron chi connectivity index (χ3n) is 2.88. The molecule has 0 aromatic rings. The Kier molecular flexibility index (Phi) is 2.52. The Morgan fingerprint density at radius 2 is 2.07 bits per heavy atom. The second-order valence-corrected chi connectivity index (χ2v) is 5.38. The first-order valence-corrected chi connectivity index (χ1v) is 6.35. The van der Waals surface area contributed by atoms with Gasteiger partial charge < -0.3 is 4.55 Å². The van der Waals surface area contributed by atoms with Gasteiger partial charge in [-0.2, -0.15) is 0 Å². The van der Waals surface area contributed by atoms with Gasteiger partial charge in [0, 0.05) is 0 Å². The minimum absolute atomic E-state index is 0.133. The van der Waals surface area contributed by atoms with Crippen molar-refractivity contribution in [2.24, 2.45) is 0 Å². The molecular weight excluding hydrogens is 216 g/mol. The molecule has 1 unspecified atom stereocenters. The van der Waals surface area contributed by atoms with Crippen LogP contribution in [0.1, 0.15) is 25.7 Å². The number of hydrogen-bond acceptors (Lipinski definition) is 4. The quantitative estimate of drug-likeness (QED) is 0.624. The van der Waals surface area contributed by atoms with Crippen LogP contribution in [0.2, 0.25) is 0 Å². The summed E-state index contributed by atoms with van der Waals surface area (Å²) in [6, 6.07) is 0. The average Bonchev–Trinajstić information content (AvgIpc) is 2.16. The van der Waals surface area contributed by atoms with Crippen molar-refractivity contribution in [3.05, 3.63) is 23.3 Å². The van der Waals surface area contributed by atoms with Gasteiger partial charge in [-0.15, -0.1) is 0 Å². The summed E-state index contributed by atoms with van der Waals surface area (Å²) in [6.45, 7) is 0. The SMILES string of the molecule is O=C1C2=C(C=CCC2)CCC1S(=O)(=O)[O-]. The van der Waals surface area contributed by atoms with Crippen molar-refractivity contribution in [1.29, 1.82) is 0 Å². The Labute approximate surface area is 88.4 Å². The lowest BCUT2D eigenvalue weighted by atomic mass is 9.85. The molecule has 0 aromatic heterocycles. The van der Waals surface area contributed by atoms with E-state index in [1.165, 1.54) is 0 Å². The average molecular weight is 227 g/mol. The molecule has 4 nitrogen and oxygen atoms in total. The zero-order valence-electron chi connectivity index (χ0n) is 8.10. The maximum Gasteiger partial charge on any atom is 0.176 e. The van der Waals surface area contributed by atoms with Crippen LogP contribution in [0.4, 0.5) is 0 Å². The van der Waals surface area contributed by atoms with Crippen LogP contribution in [-0.4, -0.2) is 24.0 Å². The van der Waals surface area contributed by atoms with Crippen LogP contribution >= 0.6 is 0 Å². The summed E-state index contributed by atoms with van der Waals surface area (Å²) in [5.41, 5.74) is 1.46. The molecule has 0 N–H and O–H groups in total. The molecule has 0 saturated heterocycles. The normalized spacial score (nSPS) is 26.7. The molecule has 82 valence electrons. The lowest BCUT2D eigenvalue weighted by molar-refractivity contribution is -0.115. The first-order valence-electron chi connectivity index (χ1n) is 4.87. The topological polar surface area (TPSA) is 74.3 Å².